The number of pyridine rings is 1. The van der Waals surface area contributed by atoms with E-state index in [4.69, 9.17) is 5.11 Å². The Balaban J connectivity index is 2.16. The Hall–Kier alpha value is -1.95. The third kappa shape index (κ3) is 3.39. The first-order valence-corrected chi connectivity index (χ1v) is 7.06. The number of amides is 1. The molecule has 1 aliphatic rings. The molecule has 0 spiro atoms. The maximum atomic E-state index is 12.5. The molecular formula is C15H21N3O3. The van der Waals surface area contributed by atoms with Crippen LogP contribution in [0.5, 0.6) is 0 Å². The number of piperidine rings is 1. The van der Waals surface area contributed by atoms with Gasteiger partial charge in [-0.05, 0) is 46.0 Å². The van der Waals surface area contributed by atoms with E-state index >= 15 is 0 Å². The molecule has 6 heteroatoms. The van der Waals surface area contributed by atoms with Crippen LogP contribution < -0.4 is 0 Å². The highest BCUT2D eigenvalue weighted by molar-refractivity contribution is 5.94. The van der Waals surface area contributed by atoms with Crippen LogP contribution in [0.4, 0.5) is 0 Å². The van der Waals surface area contributed by atoms with Gasteiger partial charge in [0.25, 0.3) is 5.91 Å². The third-order valence-corrected chi connectivity index (χ3v) is 3.95. The molecule has 1 amide bonds. The molecule has 2 heterocycles. The second kappa shape index (κ2) is 6.22. The van der Waals surface area contributed by atoms with E-state index < -0.39 is 5.97 Å². The minimum Gasteiger partial charge on any atom is -0.478 e. The number of carboxylic acid groups (broad SMARTS) is 1. The number of aromatic nitrogens is 1. The third-order valence-electron chi connectivity index (χ3n) is 3.95. The predicted octanol–water partition coefficient (Wildman–Crippen LogP) is 1.25. The number of aromatic carboxylic acids is 1. The van der Waals surface area contributed by atoms with E-state index in [1.807, 2.05) is 14.1 Å². The first kappa shape index (κ1) is 15.4. The lowest BCUT2D eigenvalue weighted by atomic mass is 10.0. The van der Waals surface area contributed by atoms with E-state index in [9.17, 15) is 9.59 Å². The largest absolute Gasteiger partial charge is 0.478 e. The van der Waals surface area contributed by atoms with Crippen molar-refractivity contribution < 1.29 is 14.7 Å². The SMILES string of the molecule is Cc1nc(C(=O)N2CCCC(N(C)C)C2)ccc1C(=O)O. The number of likely N-dealkylation sites (tertiary alicyclic amines) is 1. The Morgan fingerprint density at radius 2 is 2.10 bits per heavy atom. The lowest BCUT2D eigenvalue weighted by Crippen LogP contribution is -2.47. The molecule has 2 rings (SSSR count). The van der Waals surface area contributed by atoms with Gasteiger partial charge in [-0.25, -0.2) is 9.78 Å². The van der Waals surface area contributed by atoms with Crippen LogP contribution in [0.3, 0.4) is 0 Å². The molecule has 0 aliphatic carbocycles. The summed E-state index contributed by atoms with van der Waals surface area (Å²) in [4.78, 5) is 31.6. The highest BCUT2D eigenvalue weighted by Gasteiger charge is 2.26. The summed E-state index contributed by atoms with van der Waals surface area (Å²) >= 11 is 0. The summed E-state index contributed by atoms with van der Waals surface area (Å²) in [7, 11) is 4.03. The monoisotopic (exact) mass is 291 g/mol. The van der Waals surface area contributed by atoms with Crippen LogP contribution in [-0.4, -0.2) is 65.0 Å². The molecule has 0 saturated carbocycles. The molecule has 1 aliphatic heterocycles. The zero-order valence-corrected chi connectivity index (χ0v) is 12.7. The number of hydrogen-bond acceptors (Lipinski definition) is 4. The van der Waals surface area contributed by atoms with Crippen LogP contribution in [0, 0.1) is 6.92 Å². The molecule has 1 saturated heterocycles. The van der Waals surface area contributed by atoms with Crippen LogP contribution in [-0.2, 0) is 0 Å². The van der Waals surface area contributed by atoms with Crippen molar-refractivity contribution in [1.82, 2.24) is 14.8 Å². The molecule has 1 aromatic heterocycles. The van der Waals surface area contributed by atoms with E-state index in [-0.39, 0.29) is 11.5 Å². The molecule has 1 fully saturated rings. The quantitative estimate of drug-likeness (QED) is 0.907. The summed E-state index contributed by atoms with van der Waals surface area (Å²) in [5.74, 6) is -1.15. The molecule has 0 aromatic carbocycles. The molecule has 1 unspecified atom stereocenters. The highest BCUT2D eigenvalue weighted by atomic mass is 16.4. The first-order chi connectivity index (χ1) is 9.90. The summed E-state index contributed by atoms with van der Waals surface area (Å²) in [6.07, 6.45) is 2.06. The maximum absolute atomic E-state index is 12.5. The number of hydrogen-bond donors (Lipinski definition) is 1. The summed E-state index contributed by atoms with van der Waals surface area (Å²) in [5.41, 5.74) is 0.822. The average molecular weight is 291 g/mol. The number of carbonyl (C=O) groups is 2. The van der Waals surface area contributed by atoms with Gasteiger partial charge in [-0.2, -0.15) is 0 Å². The van der Waals surface area contributed by atoms with E-state index in [0.29, 0.717) is 24.0 Å². The number of aryl methyl sites for hydroxylation is 1. The molecule has 1 aromatic rings. The second-order valence-electron chi connectivity index (χ2n) is 5.65. The zero-order chi connectivity index (χ0) is 15.6. The topological polar surface area (TPSA) is 73.7 Å². The van der Waals surface area contributed by atoms with Gasteiger partial charge in [-0.1, -0.05) is 0 Å². The normalized spacial score (nSPS) is 18.9. The zero-order valence-electron chi connectivity index (χ0n) is 12.7. The molecule has 0 bridgehead atoms. The molecule has 1 atom stereocenters. The van der Waals surface area contributed by atoms with Crippen LogP contribution in [0.15, 0.2) is 12.1 Å². The Morgan fingerprint density at radius 1 is 1.38 bits per heavy atom. The molecular weight excluding hydrogens is 270 g/mol. The van der Waals surface area contributed by atoms with Crippen molar-refractivity contribution in [2.75, 3.05) is 27.2 Å². The lowest BCUT2D eigenvalue weighted by molar-refractivity contribution is 0.0626. The standard InChI is InChI=1S/C15H21N3O3/c1-10-12(15(20)21)6-7-13(16-10)14(19)18-8-4-5-11(9-18)17(2)3/h6-7,11H,4-5,8-9H2,1-3H3,(H,20,21). The fourth-order valence-electron chi connectivity index (χ4n) is 2.63. The van der Waals surface area contributed by atoms with Crippen LogP contribution >= 0.6 is 0 Å². The highest BCUT2D eigenvalue weighted by Crippen LogP contribution is 2.16. The molecule has 114 valence electrons. The minimum atomic E-state index is -1.02. The second-order valence-corrected chi connectivity index (χ2v) is 5.65. The minimum absolute atomic E-state index is 0.124. The molecule has 0 radical (unpaired) electrons. The molecule has 1 N–H and O–H groups in total. The molecule has 6 nitrogen and oxygen atoms in total. The fourth-order valence-corrected chi connectivity index (χ4v) is 2.63. The maximum Gasteiger partial charge on any atom is 0.337 e. The summed E-state index contributed by atoms with van der Waals surface area (Å²) in [5, 5.41) is 9.00. The van der Waals surface area contributed by atoms with Crippen LogP contribution in [0.2, 0.25) is 0 Å². The lowest BCUT2D eigenvalue weighted by Gasteiger charge is -2.36. The van der Waals surface area contributed by atoms with Gasteiger partial charge in [0.1, 0.15) is 5.69 Å². The smallest absolute Gasteiger partial charge is 0.337 e. The number of likely N-dealkylation sites (N-methyl/N-ethyl adjacent to an activating group) is 1. The Bertz CT molecular complexity index is 557. The Labute approximate surface area is 124 Å². The van der Waals surface area contributed by atoms with Crippen LogP contribution in [0.25, 0.3) is 0 Å². The number of nitrogens with zero attached hydrogens (tertiary/aromatic N) is 3. The van der Waals surface area contributed by atoms with E-state index in [2.05, 4.69) is 9.88 Å². The van der Waals surface area contributed by atoms with Gasteiger partial charge in [0, 0.05) is 19.1 Å². The van der Waals surface area contributed by atoms with Crippen LogP contribution in [0.1, 0.15) is 39.4 Å². The molecule has 21 heavy (non-hydrogen) atoms. The fraction of sp³-hybridized carbons (Fsp3) is 0.533. The van der Waals surface area contributed by atoms with Crippen molar-refractivity contribution in [3.63, 3.8) is 0 Å². The van der Waals surface area contributed by atoms with Crippen molar-refractivity contribution in [3.8, 4) is 0 Å². The van der Waals surface area contributed by atoms with Gasteiger partial charge in [-0.15, -0.1) is 0 Å². The van der Waals surface area contributed by atoms with Gasteiger partial charge >= 0.3 is 5.97 Å². The van der Waals surface area contributed by atoms with Gasteiger partial charge in [0.05, 0.1) is 11.3 Å². The number of carboxylic acids is 1. The average Bonchev–Trinajstić information content (AvgIpc) is 2.46. The van der Waals surface area contributed by atoms with Crippen molar-refractivity contribution >= 4 is 11.9 Å². The van der Waals surface area contributed by atoms with Gasteiger partial charge in [0.15, 0.2) is 0 Å². The number of rotatable bonds is 3. The van der Waals surface area contributed by atoms with Gasteiger partial charge < -0.3 is 14.9 Å². The van der Waals surface area contributed by atoms with Gasteiger partial charge in [0.2, 0.25) is 0 Å². The van der Waals surface area contributed by atoms with E-state index in [1.165, 1.54) is 12.1 Å². The summed E-state index contributed by atoms with van der Waals surface area (Å²) < 4.78 is 0. The van der Waals surface area contributed by atoms with Crippen molar-refractivity contribution in [2.24, 2.45) is 0 Å². The summed E-state index contributed by atoms with van der Waals surface area (Å²) in [6, 6.07) is 3.31. The number of carbonyl (C=O) groups excluding carboxylic acids is 1. The first-order valence-electron chi connectivity index (χ1n) is 7.06. The Morgan fingerprint density at radius 3 is 2.67 bits per heavy atom. The van der Waals surface area contributed by atoms with E-state index in [1.54, 1.807) is 11.8 Å². The van der Waals surface area contributed by atoms with E-state index in [0.717, 1.165) is 19.4 Å². The van der Waals surface area contributed by atoms with Gasteiger partial charge in [-0.3, -0.25) is 4.79 Å². The summed E-state index contributed by atoms with van der Waals surface area (Å²) in [6.45, 7) is 3.02. The predicted molar refractivity (Wildman–Crippen MR) is 78.5 cm³/mol. The Kier molecular flexibility index (Phi) is 4.57. The van der Waals surface area contributed by atoms with Crippen molar-refractivity contribution in [2.45, 2.75) is 25.8 Å². The van der Waals surface area contributed by atoms with Crippen molar-refractivity contribution in [1.29, 1.82) is 0 Å². The van der Waals surface area contributed by atoms with Crippen molar-refractivity contribution in [3.05, 3.63) is 29.1 Å².